The monoisotopic (exact) mass is 304 g/mol. The van der Waals surface area contributed by atoms with Gasteiger partial charge in [0.05, 0.1) is 6.61 Å². The van der Waals surface area contributed by atoms with Gasteiger partial charge in [0.2, 0.25) is 5.91 Å². The lowest BCUT2D eigenvalue weighted by Gasteiger charge is -2.31. The maximum absolute atomic E-state index is 12.5. The van der Waals surface area contributed by atoms with Crippen LogP contribution in [-0.4, -0.2) is 42.0 Å². The lowest BCUT2D eigenvalue weighted by atomic mass is 9.85. The van der Waals surface area contributed by atoms with Crippen molar-refractivity contribution in [1.82, 2.24) is 4.90 Å². The van der Waals surface area contributed by atoms with Gasteiger partial charge in [0.15, 0.2) is 0 Å². The van der Waals surface area contributed by atoms with Crippen molar-refractivity contribution in [2.24, 2.45) is 11.7 Å². The van der Waals surface area contributed by atoms with Crippen molar-refractivity contribution in [2.45, 2.75) is 57.5 Å². The first-order chi connectivity index (χ1) is 9.11. The molecule has 0 aromatic heterocycles. The van der Waals surface area contributed by atoms with E-state index in [-0.39, 0.29) is 48.8 Å². The molecule has 0 heterocycles. The molecule has 116 valence electrons. The van der Waals surface area contributed by atoms with Crippen LogP contribution in [0.5, 0.6) is 0 Å². The molecule has 0 aromatic carbocycles. The standard InChI is InChI=1S/C14H24N2O3.ClH/c1-2-19-13(17)9-16(12-6-7-12)14(18)10-4-3-5-11(15)8-10;/h10-12H,2-9,15H2,1H3;1H. The Labute approximate surface area is 126 Å². The molecule has 2 fully saturated rings. The molecular weight excluding hydrogens is 280 g/mol. The topological polar surface area (TPSA) is 72.6 Å². The summed E-state index contributed by atoms with van der Waals surface area (Å²) in [6, 6.07) is 0.376. The molecule has 0 saturated heterocycles. The minimum atomic E-state index is -0.303. The number of carbonyl (C=O) groups is 2. The summed E-state index contributed by atoms with van der Waals surface area (Å²) in [6.07, 6.45) is 5.68. The van der Waals surface area contributed by atoms with Gasteiger partial charge >= 0.3 is 5.97 Å². The van der Waals surface area contributed by atoms with E-state index in [2.05, 4.69) is 0 Å². The Morgan fingerprint density at radius 1 is 1.25 bits per heavy atom. The first-order valence-corrected chi connectivity index (χ1v) is 7.33. The lowest BCUT2D eigenvalue weighted by Crippen LogP contribution is -2.44. The average Bonchev–Trinajstić information content (AvgIpc) is 3.20. The lowest BCUT2D eigenvalue weighted by molar-refractivity contribution is -0.151. The van der Waals surface area contributed by atoms with Crippen molar-refractivity contribution in [3.8, 4) is 0 Å². The Balaban J connectivity index is 0.00000200. The Bertz CT molecular complexity index is 347. The number of carbonyl (C=O) groups excluding carboxylic acids is 2. The molecule has 2 N–H and O–H groups in total. The molecule has 0 aromatic rings. The predicted octanol–water partition coefficient (Wildman–Crippen LogP) is 1.48. The summed E-state index contributed by atoms with van der Waals surface area (Å²) in [5.74, 6) is -0.202. The van der Waals surface area contributed by atoms with E-state index in [9.17, 15) is 9.59 Å². The highest BCUT2D eigenvalue weighted by Gasteiger charge is 2.38. The fourth-order valence-corrected chi connectivity index (χ4v) is 2.81. The summed E-state index contributed by atoms with van der Waals surface area (Å²) in [5, 5.41) is 0. The molecule has 2 unspecified atom stereocenters. The van der Waals surface area contributed by atoms with Crippen LogP contribution in [0.1, 0.15) is 45.4 Å². The number of esters is 1. The molecule has 0 bridgehead atoms. The van der Waals surface area contributed by atoms with E-state index in [1.165, 1.54) is 0 Å². The normalized spacial score (nSPS) is 25.5. The van der Waals surface area contributed by atoms with Crippen molar-refractivity contribution in [3.63, 3.8) is 0 Å². The van der Waals surface area contributed by atoms with Crippen LogP contribution in [-0.2, 0) is 14.3 Å². The van der Waals surface area contributed by atoms with Crippen molar-refractivity contribution >= 4 is 24.3 Å². The predicted molar refractivity (Wildman–Crippen MR) is 78.5 cm³/mol. The van der Waals surface area contributed by atoms with Crippen LogP contribution in [0.3, 0.4) is 0 Å². The van der Waals surface area contributed by atoms with Crippen LogP contribution in [0.4, 0.5) is 0 Å². The first-order valence-electron chi connectivity index (χ1n) is 7.33. The largest absolute Gasteiger partial charge is 0.465 e. The molecule has 2 aliphatic rings. The maximum atomic E-state index is 12.5. The summed E-state index contributed by atoms with van der Waals surface area (Å²) in [5.41, 5.74) is 5.94. The second kappa shape index (κ2) is 7.84. The van der Waals surface area contributed by atoms with Crippen LogP contribution >= 0.6 is 12.4 Å². The van der Waals surface area contributed by atoms with E-state index >= 15 is 0 Å². The molecule has 2 atom stereocenters. The van der Waals surface area contributed by atoms with Gasteiger partial charge in [-0.3, -0.25) is 9.59 Å². The molecule has 0 spiro atoms. The zero-order valence-corrected chi connectivity index (χ0v) is 12.9. The van der Waals surface area contributed by atoms with Crippen molar-refractivity contribution in [2.75, 3.05) is 13.2 Å². The number of hydrogen-bond acceptors (Lipinski definition) is 4. The molecule has 6 heteroatoms. The molecule has 1 amide bonds. The van der Waals surface area contributed by atoms with Gasteiger partial charge in [-0.25, -0.2) is 0 Å². The summed E-state index contributed by atoms with van der Waals surface area (Å²) in [7, 11) is 0. The van der Waals surface area contributed by atoms with Crippen LogP contribution in [0.2, 0.25) is 0 Å². The number of halogens is 1. The van der Waals surface area contributed by atoms with E-state index in [1.54, 1.807) is 11.8 Å². The van der Waals surface area contributed by atoms with Gasteiger partial charge in [0.25, 0.3) is 0 Å². The molecular formula is C14H25ClN2O3. The van der Waals surface area contributed by atoms with Gasteiger partial charge < -0.3 is 15.4 Å². The average molecular weight is 305 g/mol. The molecule has 20 heavy (non-hydrogen) atoms. The SMILES string of the molecule is CCOC(=O)CN(C(=O)C1CCCC(N)C1)C1CC1.Cl. The van der Waals surface area contributed by atoms with E-state index in [0.29, 0.717) is 6.61 Å². The van der Waals surface area contributed by atoms with Crippen LogP contribution < -0.4 is 5.73 Å². The van der Waals surface area contributed by atoms with Crippen molar-refractivity contribution < 1.29 is 14.3 Å². The number of nitrogens with two attached hydrogens (primary N) is 1. The quantitative estimate of drug-likeness (QED) is 0.781. The van der Waals surface area contributed by atoms with Gasteiger partial charge in [-0.05, 0) is 39.0 Å². The second-order valence-electron chi connectivity index (χ2n) is 5.63. The van der Waals surface area contributed by atoms with E-state index < -0.39 is 0 Å². The highest BCUT2D eigenvalue weighted by Crippen LogP contribution is 2.31. The highest BCUT2D eigenvalue weighted by atomic mass is 35.5. The minimum absolute atomic E-state index is 0. The fourth-order valence-electron chi connectivity index (χ4n) is 2.81. The molecule has 2 saturated carbocycles. The molecule has 2 rings (SSSR count). The van der Waals surface area contributed by atoms with Gasteiger partial charge in [-0.1, -0.05) is 6.42 Å². The van der Waals surface area contributed by atoms with Gasteiger partial charge in [0.1, 0.15) is 6.54 Å². The fraction of sp³-hybridized carbons (Fsp3) is 0.857. The Kier molecular flexibility index (Phi) is 6.76. The van der Waals surface area contributed by atoms with Crippen molar-refractivity contribution in [1.29, 1.82) is 0 Å². The molecule has 0 aliphatic heterocycles. The number of hydrogen-bond donors (Lipinski definition) is 1. The Morgan fingerprint density at radius 2 is 1.95 bits per heavy atom. The third-order valence-electron chi connectivity index (χ3n) is 3.94. The Hall–Kier alpha value is -0.810. The number of ether oxygens (including phenoxy) is 1. The van der Waals surface area contributed by atoms with Crippen LogP contribution in [0, 0.1) is 5.92 Å². The summed E-state index contributed by atoms with van der Waals surface area (Å²) < 4.78 is 4.95. The van der Waals surface area contributed by atoms with Crippen LogP contribution in [0.25, 0.3) is 0 Å². The minimum Gasteiger partial charge on any atom is -0.465 e. The van der Waals surface area contributed by atoms with Gasteiger partial charge in [-0.2, -0.15) is 0 Å². The van der Waals surface area contributed by atoms with E-state index in [0.717, 1.165) is 38.5 Å². The highest BCUT2D eigenvalue weighted by molar-refractivity contribution is 5.85. The summed E-state index contributed by atoms with van der Waals surface area (Å²) in [4.78, 5) is 25.8. The molecule has 2 aliphatic carbocycles. The second-order valence-corrected chi connectivity index (χ2v) is 5.63. The molecule has 5 nitrogen and oxygen atoms in total. The van der Waals surface area contributed by atoms with Gasteiger partial charge in [0, 0.05) is 18.0 Å². The van der Waals surface area contributed by atoms with Gasteiger partial charge in [-0.15, -0.1) is 12.4 Å². The zero-order chi connectivity index (χ0) is 13.8. The van der Waals surface area contributed by atoms with E-state index in [1.807, 2.05) is 0 Å². The van der Waals surface area contributed by atoms with E-state index in [4.69, 9.17) is 10.5 Å². The smallest absolute Gasteiger partial charge is 0.325 e. The van der Waals surface area contributed by atoms with Crippen LogP contribution in [0.15, 0.2) is 0 Å². The third kappa shape index (κ3) is 4.63. The number of amides is 1. The summed E-state index contributed by atoms with van der Waals surface area (Å²) >= 11 is 0. The Morgan fingerprint density at radius 3 is 2.50 bits per heavy atom. The number of nitrogens with zero attached hydrogens (tertiary/aromatic N) is 1. The summed E-state index contributed by atoms with van der Waals surface area (Å²) in [6.45, 7) is 2.24. The zero-order valence-electron chi connectivity index (χ0n) is 12.0. The maximum Gasteiger partial charge on any atom is 0.325 e. The molecule has 0 radical (unpaired) electrons. The third-order valence-corrected chi connectivity index (χ3v) is 3.94. The number of rotatable bonds is 5. The first kappa shape index (κ1) is 17.2. The van der Waals surface area contributed by atoms with Crippen molar-refractivity contribution in [3.05, 3.63) is 0 Å².